The lowest BCUT2D eigenvalue weighted by Gasteiger charge is -2.39. The second-order valence-corrected chi connectivity index (χ2v) is 6.93. The van der Waals surface area contributed by atoms with Crippen molar-refractivity contribution in [2.45, 2.75) is 43.9 Å². The first-order chi connectivity index (χ1) is 14.6. The number of amides is 2. The molecule has 11 nitrogen and oxygen atoms in total. The van der Waals surface area contributed by atoms with Crippen LogP contribution in [0.5, 0.6) is 0 Å². The summed E-state index contributed by atoms with van der Waals surface area (Å²) in [5.74, 6) is -2.24. The molecule has 0 spiro atoms. The Bertz CT molecular complexity index is 843. The highest BCUT2D eigenvalue weighted by Crippen LogP contribution is 2.25. The van der Waals surface area contributed by atoms with Gasteiger partial charge in [-0.2, -0.15) is 0 Å². The number of halogens is 1. The Morgan fingerprint density at radius 3 is 2.45 bits per heavy atom. The molecule has 1 aromatic carbocycles. The third-order valence-corrected chi connectivity index (χ3v) is 4.48. The number of ether oxygens (including phenoxy) is 1. The van der Waals surface area contributed by atoms with E-state index in [0.29, 0.717) is 5.56 Å². The molecule has 31 heavy (non-hydrogen) atoms. The van der Waals surface area contributed by atoms with Gasteiger partial charge in [-0.1, -0.05) is 12.1 Å². The molecule has 1 aliphatic heterocycles. The minimum atomic E-state index is -1.69. The number of nitrogens with one attached hydrogen (secondary N) is 2. The smallest absolute Gasteiger partial charge is 0.286 e. The van der Waals surface area contributed by atoms with Crippen LogP contribution in [0.3, 0.4) is 0 Å². The van der Waals surface area contributed by atoms with Crippen LogP contribution in [0.4, 0.5) is 4.39 Å². The molecule has 0 unspecified atom stereocenters. The molecule has 0 aliphatic carbocycles. The lowest BCUT2D eigenvalue weighted by Crippen LogP contribution is -2.60. The summed E-state index contributed by atoms with van der Waals surface area (Å²) < 4.78 is 18.6. The zero-order valence-corrected chi connectivity index (χ0v) is 16.7. The first-order valence-corrected chi connectivity index (χ1v) is 9.36. The van der Waals surface area contributed by atoms with Crippen LogP contribution in [0.15, 0.2) is 41.1 Å². The van der Waals surface area contributed by atoms with Crippen molar-refractivity contribution < 1.29 is 34.0 Å². The monoisotopic (exact) mass is 439 g/mol. The number of nitrogens with two attached hydrogens (primary N) is 2. The third kappa shape index (κ3) is 6.64. The van der Waals surface area contributed by atoms with Crippen molar-refractivity contribution >= 4 is 17.8 Å². The van der Waals surface area contributed by atoms with Gasteiger partial charge in [-0.25, -0.2) is 9.38 Å². The Labute approximate surface area is 177 Å². The minimum Gasteiger partial charge on any atom is -0.480 e. The fourth-order valence-corrected chi connectivity index (χ4v) is 3.01. The zero-order chi connectivity index (χ0) is 23.1. The van der Waals surface area contributed by atoms with Gasteiger partial charge < -0.3 is 42.2 Å². The van der Waals surface area contributed by atoms with E-state index in [1.165, 1.54) is 37.3 Å². The van der Waals surface area contributed by atoms with Crippen molar-refractivity contribution in [2.75, 3.05) is 6.61 Å². The average molecular weight is 439 g/mol. The number of guanidine groups is 1. The largest absolute Gasteiger partial charge is 0.480 e. The van der Waals surface area contributed by atoms with Gasteiger partial charge in [0.15, 0.2) is 11.7 Å². The van der Waals surface area contributed by atoms with Crippen molar-refractivity contribution in [2.24, 2.45) is 16.5 Å². The molecular formula is C19H26FN5O6. The fourth-order valence-electron chi connectivity index (χ4n) is 3.01. The van der Waals surface area contributed by atoms with Crippen LogP contribution in [-0.4, -0.2) is 70.1 Å². The van der Waals surface area contributed by atoms with E-state index in [1.54, 1.807) is 0 Å². The summed E-state index contributed by atoms with van der Waals surface area (Å²) in [6.45, 7) is 0.470. The molecule has 1 aliphatic rings. The van der Waals surface area contributed by atoms with Crippen LogP contribution in [0.25, 0.3) is 0 Å². The quantitative estimate of drug-likeness (QED) is 0.172. The normalized spacial score (nSPS) is 22.4. The lowest BCUT2D eigenvalue weighted by molar-refractivity contribution is -0.134. The van der Waals surface area contributed by atoms with Gasteiger partial charge >= 0.3 is 0 Å². The fraction of sp³-hybridized carbons (Fsp3) is 0.421. The first kappa shape index (κ1) is 24.1. The van der Waals surface area contributed by atoms with Crippen molar-refractivity contribution in [3.05, 3.63) is 47.5 Å². The maximum Gasteiger partial charge on any atom is 0.286 e. The number of aliphatic hydroxyl groups excluding tert-OH is 3. The second kappa shape index (κ2) is 10.7. The van der Waals surface area contributed by atoms with Gasteiger partial charge in [-0.3, -0.25) is 9.59 Å². The Hall–Kier alpha value is -3.22. The van der Waals surface area contributed by atoms with Crippen LogP contribution >= 0.6 is 0 Å². The van der Waals surface area contributed by atoms with Gasteiger partial charge in [-0.05, 0) is 23.8 Å². The van der Waals surface area contributed by atoms with Crippen LogP contribution < -0.4 is 22.1 Å². The number of nitrogens with zero attached hydrogens (tertiary/aromatic N) is 1. The van der Waals surface area contributed by atoms with E-state index < -0.39 is 54.6 Å². The molecule has 0 saturated carbocycles. The Kier molecular flexibility index (Phi) is 8.30. The Balaban J connectivity index is 2.30. The van der Waals surface area contributed by atoms with E-state index in [-0.39, 0.29) is 18.3 Å². The average Bonchev–Trinajstić information content (AvgIpc) is 2.72. The molecular weight excluding hydrogens is 413 g/mol. The Morgan fingerprint density at radius 2 is 1.90 bits per heavy atom. The van der Waals surface area contributed by atoms with E-state index in [2.05, 4.69) is 15.6 Å². The zero-order valence-electron chi connectivity index (χ0n) is 16.7. The maximum atomic E-state index is 13.0. The highest BCUT2D eigenvalue weighted by atomic mass is 19.1. The maximum absolute atomic E-state index is 13.0. The molecule has 0 radical (unpaired) electrons. The first-order valence-electron chi connectivity index (χ1n) is 9.36. The highest BCUT2D eigenvalue weighted by molar-refractivity contribution is 5.92. The third-order valence-electron chi connectivity index (χ3n) is 4.48. The summed E-state index contributed by atoms with van der Waals surface area (Å²) in [4.78, 5) is 28.3. The van der Waals surface area contributed by atoms with Crippen LogP contribution in [0, 0.1) is 5.82 Å². The van der Waals surface area contributed by atoms with Crippen LogP contribution in [0.1, 0.15) is 12.5 Å². The number of hydrogen-bond acceptors (Lipinski definition) is 7. The van der Waals surface area contributed by atoms with E-state index in [1.807, 2.05) is 0 Å². The van der Waals surface area contributed by atoms with Crippen molar-refractivity contribution in [1.82, 2.24) is 10.6 Å². The number of benzene rings is 1. The van der Waals surface area contributed by atoms with Gasteiger partial charge in [0.25, 0.3) is 5.91 Å². The molecule has 9 N–H and O–H groups in total. The number of carbonyl (C=O) groups excluding carboxylic acids is 2. The summed E-state index contributed by atoms with van der Waals surface area (Å²) >= 11 is 0. The van der Waals surface area contributed by atoms with E-state index >= 15 is 0 Å². The van der Waals surface area contributed by atoms with E-state index in [0.717, 1.165) is 0 Å². The van der Waals surface area contributed by atoms with Gasteiger partial charge in [0, 0.05) is 13.5 Å². The lowest BCUT2D eigenvalue weighted by atomic mass is 9.92. The Morgan fingerprint density at radius 1 is 1.26 bits per heavy atom. The van der Waals surface area contributed by atoms with Crippen molar-refractivity contribution in [1.29, 1.82) is 0 Å². The van der Waals surface area contributed by atoms with Gasteiger partial charge in [0.1, 0.15) is 24.1 Å². The summed E-state index contributed by atoms with van der Waals surface area (Å²) in [6, 6.07) is 3.40. The predicted molar refractivity (Wildman–Crippen MR) is 108 cm³/mol. The van der Waals surface area contributed by atoms with Crippen LogP contribution in [0.2, 0.25) is 0 Å². The molecule has 5 atom stereocenters. The molecule has 2 rings (SSSR count). The molecule has 1 aromatic rings. The number of aliphatic hydroxyl groups is 3. The number of aliphatic imine (C=N–C) groups is 1. The standard InChI is InChI=1S/C19H26FN5O6/c1-9(27)24-15-12(25-19(21)22)6-14(31-17(15)16(29)13(28)8-26)18(30)23-7-10-2-4-11(20)5-3-10/h2-6,12-13,15-17,26,28-29H,7-8H2,1H3,(H,23,30)(H,24,27)(H4,21,22,25)/t12-,13+,15+,16+,17+/m0/s1. The molecule has 170 valence electrons. The number of carbonyl (C=O) groups is 2. The molecule has 12 heteroatoms. The molecule has 1 heterocycles. The topological polar surface area (TPSA) is 193 Å². The summed E-state index contributed by atoms with van der Waals surface area (Å²) in [7, 11) is 0. The van der Waals surface area contributed by atoms with Gasteiger partial charge in [0.2, 0.25) is 5.91 Å². The summed E-state index contributed by atoms with van der Waals surface area (Å²) in [5, 5.41) is 34.6. The number of rotatable bonds is 8. The van der Waals surface area contributed by atoms with Crippen molar-refractivity contribution in [3.8, 4) is 0 Å². The molecule has 0 fully saturated rings. The second-order valence-electron chi connectivity index (χ2n) is 6.93. The molecule has 0 saturated heterocycles. The van der Waals surface area contributed by atoms with Gasteiger partial charge in [0.05, 0.1) is 18.7 Å². The molecule has 0 bridgehead atoms. The summed E-state index contributed by atoms with van der Waals surface area (Å²) in [6.07, 6.45) is -3.42. The summed E-state index contributed by atoms with van der Waals surface area (Å²) in [5.41, 5.74) is 11.5. The van der Waals surface area contributed by atoms with Crippen molar-refractivity contribution in [3.63, 3.8) is 0 Å². The molecule has 0 aromatic heterocycles. The number of hydrogen-bond donors (Lipinski definition) is 7. The SMILES string of the molecule is CC(=O)N[C@H]1[C@H]([C@H](O)[C@H](O)CO)OC(C(=O)NCc2ccc(F)cc2)=C[C@@H]1N=C(N)N. The predicted octanol–water partition coefficient (Wildman–Crippen LogP) is -2.41. The van der Waals surface area contributed by atoms with Crippen LogP contribution in [-0.2, 0) is 20.9 Å². The van der Waals surface area contributed by atoms with E-state index in [9.17, 15) is 29.3 Å². The van der Waals surface area contributed by atoms with Gasteiger partial charge in [-0.15, -0.1) is 0 Å². The minimum absolute atomic E-state index is 0.0500. The highest BCUT2D eigenvalue weighted by Gasteiger charge is 2.43. The molecule has 2 amide bonds. The van der Waals surface area contributed by atoms with E-state index in [4.69, 9.17) is 16.2 Å².